The van der Waals surface area contributed by atoms with Crippen molar-refractivity contribution in [1.82, 2.24) is 9.88 Å². The van der Waals surface area contributed by atoms with Crippen molar-refractivity contribution in [3.8, 4) is 0 Å². The Balaban J connectivity index is 1.47. The maximum absolute atomic E-state index is 14.7. The van der Waals surface area contributed by atoms with Gasteiger partial charge in [0, 0.05) is 49.4 Å². The molecule has 4 rings (SSSR count). The van der Waals surface area contributed by atoms with Crippen molar-refractivity contribution in [2.24, 2.45) is 0 Å². The molecule has 0 spiro atoms. The van der Waals surface area contributed by atoms with Crippen LogP contribution >= 0.6 is 11.3 Å². The van der Waals surface area contributed by atoms with E-state index >= 15 is 0 Å². The number of sulfonamides is 1. The number of likely N-dealkylation sites (tertiary alicyclic amines) is 1. The van der Waals surface area contributed by atoms with Gasteiger partial charge in [0.2, 0.25) is 0 Å². The van der Waals surface area contributed by atoms with E-state index in [0.717, 1.165) is 29.0 Å². The summed E-state index contributed by atoms with van der Waals surface area (Å²) in [5.74, 6) is -3.04. The van der Waals surface area contributed by atoms with Crippen LogP contribution in [0.1, 0.15) is 25.0 Å². The van der Waals surface area contributed by atoms with Gasteiger partial charge in [-0.2, -0.15) is 0 Å². The summed E-state index contributed by atoms with van der Waals surface area (Å²) < 4.78 is 76.6. The second-order valence-corrected chi connectivity index (χ2v) is 10.8. The Morgan fingerprint density at radius 3 is 2.51 bits per heavy atom. The number of hydrogen-bond donors (Lipinski definition) is 2. The fraction of sp³-hybridized carbons (Fsp3) is 0.348. The van der Waals surface area contributed by atoms with E-state index in [2.05, 4.69) is 15.2 Å². The van der Waals surface area contributed by atoms with Gasteiger partial charge in [0.1, 0.15) is 17.5 Å². The van der Waals surface area contributed by atoms with E-state index in [-0.39, 0.29) is 23.7 Å². The van der Waals surface area contributed by atoms with Crippen molar-refractivity contribution in [1.29, 1.82) is 0 Å². The molecular formula is C23H25F3N4O3S2. The van der Waals surface area contributed by atoms with Gasteiger partial charge in [-0.1, -0.05) is 12.1 Å². The summed E-state index contributed by atoms with van der Waals surface area (Å²) in [6.45, 7) is 6.47. The Morgan fingerprint density at radius 2 is 1.89 bits per heavy atom. The second kappa shape index (κ2) is 10.1. The highest BCUT2D eigenvalue weighted by Crippen LogP contribution is 2.29. The summed E-state index contributed by atoms with van der Waals surface area (Å²) in [6, 6.07) is 6.47. The molecule has 0 atom stereocenters. The summed E-state index contributed by atoms with van der Waals surface area (Å²) in [5, 5.41) is 4.20. The number of halogens is 3. The molecule has 1 aromatic heterocycles. The highest BCUT2D eigenvalue weighted by Gasteiger charge is 2.39. The smallest absolute Gasteiger partial charge is 0.268 e. The summed E-state index contributed by atoms with van der Waals surface area (Å²) in [7, 11) is -4.53. The first-order valence-electron chi connectivity index (χ1n) is 10.9. The lowest BCUT2D eigenvalue weighted by Crippen LogP contribution is -2.60. The number of ether oxygens (including phenoxy) is 1. The van der Waals surface area contributed by atoms with E-state index in [1.807, 2.05) is 18.6 Å². The van der Waals surface area contributed by atoms with Crippen LogP contribution in [0.4, 0.5) is 24.7 Å². The predicted molar refractivity (Wildman–Crippen MR) is 128 cm³/mol. The van der Waals surface area contributed by atoms with Crippen molar-refractivity contribution >= 4 is 32.9 Å². The van der Waals surface area contributed by atoms with Crippen molar-refractivity contribution in [3.63, 3.8) is 0 Å². The minimum absolute atomic E-state index is 0.0188. The molecule has 1 aliphatic rings. The SMILES string of the molecule is CCOC1(C)CN(Cc2cccc(F)c2CNc2cc(F)c(S(=O)(=O)Nc3cscn3)c(F)c2)C1. The highest BCUT2D eigenvalue weighted by atomic mass is 32.2. The first kappa shape index (κ1) is 25.4. The zero-order valence-electron chi connectivity index (χ0n) is 19.1. The Kier molecular flexibility index (Phi) is 7.36. The fourth-order valence-electron chi connectivity index (χ4n) is 4.20. The highest BCUT2D eigenvalue weighted by molar-refractivity contribution is 7.92. The van der Waals surface area contributed by atoms with Crippen LogP contribution in [0.3, 0.4) is 0 Å². The van der Waals surface area contributed by atoms with Crippen LogP contribution in [-0.4, -0.2) is 43.6 Å². The molecule has 0 bridgehead atoms. The molecule has 0 unspecified atom stereocenters. The van der Waals surface area contributed by atoms with Crippen LogP contribution in [0.2, 0.25) is 0 Å². The van der Waals surface area contributed by atoms with Crippen LogP contribution in [0.5, 0.6) is 0 Å². The van der Waals surface area contributed by atoms with E-state index in [1.165, 1.54) is 17.0 Å². The third-order valence-corrected chi connectivity index (χ3v) is 7.62. The Bertz CT molecular complexity index is 1270. The number of anilines is 2. The van der Waals surface area contributed by atoms with Crippen molar-refractivity contribution in [2.75, 3.05) is 29.7 Å². The van der Waals surface area contributed by atoms with Gasteiger partial charge in [0.05, 0.1) is 11.1 Å². The third-order valence-electron chi connectivity index (χ3n) is 5.63. The molecule has 0 aliphatic carbocycles. The topological polar surface area (TPSA) is 83.6 Å². The molecule has 12 heteroatoms. The van der Waals surface area contributed by atoms with Gasteiger partial charge >= 0.3 is 0 Å². The third kappa shape index (κ3) is 5.77. The number of nitrogens with one attached hydrogen (secondary N) is 2. The summed E-state index contributed by atoms with van der Waals surface area (Å²) in [4.78, 5) is 4.77. The number of rotatable bonds is 10. The van der Waals surface area contributed by atoms with Gasteiger partial charge in [-0.25, -0.2) is 26.6 Å². The number of hydrogen-bond acceptors (Lipinski definition) is 7. The van der Waals surface area contributed by atoms with Crippen LogP contribution in [0.15, 0.2) is 46.1 Å². The van der Waals surface area contributed by atoms with Gasteiger partial charge in [-0.15, -0.1) is 11.3 Å². The van der Waals surface area contributed by atoms with Gasteiger partial charge in [0.25, 0.3) is 10.0 Å². The zero-order valence-corrected chi connectivity index (χ0v) is 20.8. The van der Waals surface area contributed by atoms with E-state index in [4.69, 9.17) is 4.74 Å². The quantitative estimate of drug-likeness (QED) is 0.402. The molecule has 0 saturated carbocycles. The van der Waals surface area contributed by atoms with Crippen molar-refractivity contribution in [2.45, 2.75) is 37.4 Å². The van der Waals surface area contributed by atoms with Gasteiger partial charge in [-0.05, 0) is 37.6 Å². The van der Waals surface area contributed by atoms with E-state index < -0.39 is 32.4 Å². The zero-order chi connectivity index (χ0) is 25.2. The molecule has 7 nitrogen and oxygen atoms in total. The molecule has 2 heterocycles. The average Bonchev–Trinajstić information content (AvgIpc) is 3.24. The van der Waals surface area contributed by atoms with Gasteiger partial charge in [-0.3, -0.25) is 9.62 Å². The van der Waals surface area contributed by atoms with Crippen molar-refractivity contribution in [3.05, 3.63) is 69.8 Å². The lowest BCUT2D eigenvalue weighted by Gasteiger charge is -2.47. The number of nitrogens with zero attached hydrogens (tertiary/aromatic N) is 2. The molecule has 35 heavy (non-hydrogen) atoms. The normalized spacial score (nSPS) is 15.6. The molecule has 1 saturated heterocycles. The molecule has 188 valence electrons. The molecule has 2 N–H and O–H groups in total. The number of aromatic nitrogens is 1. The molecule has 0 amide bonds. The summed E-state index contributed by atoms with van der Waals surface area (Å²) in [5.41, 5.74) is 2.25. The molecule has 0 radical (unpaired) electrons. The maximum atomic E-state index is 14.7. The number of benzene rings is 2. The lowest BCUT2D eigenvalue weighted by molar-refractivity contribution is -0.131. The first-order valence-corrected chi connectivity index (χ1v) is 13.3. The summed E-state index contributed by atoms with van der Waals surface area (Å²) >= 11 is 1.13. The minimum atomic E-state index is -4.53. The number of thiazole rings is 1. The molecule has 3 aromatic rings. The van der Waals surface area contributed by atoms with Gasteiger partial charge < -0.3 is 10.1 Å². The van der Waals surface area contributed by atoms with E-state index in [0.29, 0.717) is 31.8 Å². The van der Waals surface area contributed by atoms with Crippen LogP contribution in [0, 0.1) is 17.5 Å². The average molecular weight is 527 g/mol. The Hall–Kier alpha value is -2.67. The largest absolute Gasteiger partial charge is 0.381 e. The monoisotopic (exact) mass is 526 g/mol. The molecule has 1 aliphatic heterocycles. The predicted octanol–water partition coefficient (Wildman–Crippen LogP) is 4.58. The van der Waals surface area contributed by atoms with Gasteiger partial charge in [0.15, 0.2) is 10.7 Å². The second-order valence-electron chi connectivity index (χ2n) is 8.51. The Labute approximate surface area is 206 Å². The first-order chi connectivity index (χ1) is 16.6. The van der Waals surface area contributed by atoms with E-state index in [9.17, 15) is 21.6 Å². The lowest BCUT2D eigenvalue weighted by atomic mass is 9.94. The fourth-order valence-corrected chi connectivity index (χ4v) is 5.88. The maximum Gasteiger partial charge on any atom is 0.268 e. The van der Waals surface area contributed by atoms with Crippen LogP contribution in [0.25, 0.3) is 0 Å². The van der Waals surface area contributed by atoms with Crippen LogP contribution in [-0.2, 0) is 27.8 Å². The molecular weight excluding hydrogens is 501 g/mol. The summed E-state index contributed by atoms with van der Waals surface area (Å²) in [6.07, 6.45) is 0. The Morgan fingerprint density at radius 1 is 1.17 bits per heavy atom. The van der Waals surface area contributed by atoms with Crippen LogP contribution < -0.4 is 10.0 Å². The van der Waals surface area contributed by atoms with Crippen molar-refractivity contribution < 1.29 is 26.3 Å². The minimum Gasteiger partial charge on any atom is -0.381 e. The molecule has 2 aromatic carbocycles. The standard InChI is InChI=1S/C23H25F3N4O3S2/c1-3-33-23(2)12-30(13-23)10-15-5-4-6-18(24)17(15)9-27-16-7-19(25)22(20(26)8-16)35(31,32)29-21-11-34-14-28-21/h4-8,11,14,27,29H,3,9-10,12-13H2,1-2H3. The molecule has 1 fully saturated rings. The van der Waals surface area contributed by atoms with E-state index in [1.54, 1.807) is 12.1 Å².